The summed E-state index contributed by atoms with van der Waals surface area (Å²) < 4.78 is 42.1. The van der Waals surface area contributed by atoms with E-state index in [9.17, 15) is 13.2 Å². The van der Waals surface area contributed by atoms with Crippen LogP contribution in [0.3, 0.4) is 0 Å². The predicted octanol–water partition coefficient (Wildman–Crippen LogP) is 2.05. The molecule has 1 heterocycles. The molecule has 0 aromatic rings. The van der Waals surface area contributed by atoms with E-state index >= 15 is 0 Å². The maximum Gasteiger partial charge on any atom is 0.389 e. The molecular weight excluding hydrogens is 271 g/mol. The Morgan fingerprint density at radius 2 is 1.90 bits per heavy atom. The molecule has 0 aromatic heterocycles. The Labute approximate surface area is 118 Å². The first kappa shape index (κ1) is 17.7. The minimum atomic E-state index is -4.10. The minimum Gasteiger partial charge on any atom is -0.379 e. The van der Waals surface area contributed by atoms with E-state index < -0.39 is 12.6 Å². The Bertz CT molecular complexity index is 283. The van der Waals surface area contributed by atoms with Gasteiger partial charge in [-0.1, -0.05) is 6.92 Å². The third-order valence-corrected chi connectivity index (χ3v) is 4.35. The van der Waals surface area contributed by atoms with E-state index in [0.29, 0.717) is 19.6 Å². The van der Waals surface area contributed by atoms with Crippen molar-refractivity contribution in [3.63, 3.8) is 0 Å². The number of rotatable bonds is 7. The summed E-state index contributed by atoms with van der Waals surface area (Å²) in [7, 11) is 0. The van der Waals surface area contributed by atoms with Crippen LogP contribution in [0.4, 0.5) is 13.2 Å². The molecule has 0 spiro atoms. The number of nitrogens with two attached hydrogens (primary N) is 1. The zero-order chi connectivity index (χ0) is 15.2. The van der Waals surface area contributed by atoms with Crippen LogP contribution in [-0.2, 0) is 4.74 Å². The molecule has 1 fully saturated rings. The van der Waals surface area contributed by atoms with E-state index in [1.54, 1.807) is 0 Å². The molecule has 1 aliphatic rings. The van der Waals surface area contributed by atoms with Gasteiger partial charge in [0, 0.05) is 31.1 Å². The molecular formula is C13H26F3N3O. The second-order valence-corrected chi connectivity index (χ2v) is 5.54. The number of ether oxygens (including phenoxy) is 1. The molecule has 0 radical (unpaired) electrons. The molecule has 4 nitrogen and oxygen atoms in total. The van der Waals surface area contributed by atoms with E-state index in [0.717, 1.165) is 19.5 Å². The molecule has 2 atom stereocenters. The third kappa shape index (κ3) is 4.87. The molecule has 120 valence electrons. The molecule has 7 heteroatoms. The molecule has 0 amide bonds. The molecule has 0 aromatic carbocycles. The van der Waals surface area contributed by atoms with Crippen molar-refractivity contribution in [3.8, 4) is 0 Å². The quantitative estimate of drug-likeness (QED) is 0.558. The van der Waals surface area contributed by atoms with Gasteiger partial charge < -0.3 is 4.74 Å². The van der Waals surface area contributed by atoms with Gasteiger partial charge in [-0.05, 0) is 26.2 Å². The molecule has 0 saturated carbocycles. The molecule has 0 bridgehead atoms. The molecule has 1 saturated heterocycles. The van der Waals surface area contributed by atoms with Crippen LogP contribution >= 0.6 is 0 Å². The van der Waals surface area contributed by atoms with Crippen LogP contribution < -0.4 is 11.3 Å². The zero-order valence-electron chi connectivity index (χ0n) is 12.3. The van der Waals surface area contributed by atoms with Gasteiger partial charge in [0.25, 0.3) is 0 Å². The molecule has 20 heavy (non-hydrogen) atoms. The number of halogens is 3. The second-order valence-electron chi connectivity index (χ2n) is 5.54. The SMILES string of the molecule is CCC(C)(C(CCCC(F)(F)F)NN)N1CCOCC1. The number of nitrogens with zero attached hydrogens (tertiary/aromatic N) is 1. The first-order valence-corrected chi connectivity index (χ1v) is 7.19. The van der Waals surface area contributed by atoms with Crippen molar-refractivity contribution in [1.82, 2.24) is 10.3 Å². The van der Waals surface area contributed by atoms with Crippen LogP contribution in [-0.4, -0.2) is 49.0 Å². The monoisotopic (exact) mass is 297 g/mol. The lowest BCUT2D eigenvalue weighted by molar-refractivity contribution is -0.136. The second kappa shape index (κ2) is 7.59. The van der Waals surface area contributed by atoms with Gasteiger partial charge >= 0.3 is 6.18 Å². The number of hydrogen-bond donors (Lipinski definition) is 2. The van der Waals surface area contributed by atoms with Gasteiger partial charge in [-0.25, -0.2) is 0 Å². The first-order chi connectivity index (χ1) is 9.33. The van der Waals surface area contributed by atoms with E-state index in [1.165, 1.54) is 0 Å². The van der Waals surface area contributed by atoms with Crippen LogP contribution in [0.5, 0.6) is 0 Å². The molecule has 2 unspecified atom stereocenters. The lowest BCUT2D eigenvalue weighted by atomic mass is 9.84. The first-order valence-electron chi connectivity index (χ1n) is 7.19. The number of hydrazine groups is 1. The van der Waals surface area contributed by atoms with Gasteiger partial charge in [-0.15, -0.1) is 0 Å². The van der Waals surface area contributed by atoms with Crippen LogP contribution in [0.25, 0.3) is 0 Å². The van der Waals surface area contributed by atoms with E-state index in [2.05, 4.69) is 17.2 Å². The smallest absolute Gasteiger partial charge is 0.379 e. The normalized spacial score (nSPS) is 22.5. The Morgan fingerprint density at radius 3 is 2.35 bits per heavy atom. The highest BCUT2D eigenvalue weighted by Gasteiger charge is 2.38. The Morgan fingerprint density at radius 1 is 1.30 bits per heavy atom. The van der Waals surface area contributed by atoms with Crippen molar-refractivity contribution in [3.05, 3.63) is 0 Å². The maximum absolute atomic E-state index is 12.3. The van der Waals surface area contributed by atoms with E-state index in [4.69, 9.17) is 10.6 Å². The van der Waals surface area contributed by atoms with E-state index in [-0.39, 0.29) is 18.0 Å². The van der Waals surface area contributed by atoms with Crippen molar-refractivity contribution < 1.29 is 17.9 Å². The highest BCUT2D eigenvalue weighted by Crippen LogP contribution is 2.29. The Hall–Kier alpha value is -0.370. The van der Waals surface area contributed by atoms with Gasteiger partial charge in [0.2, 0.25) is 0 Å². The summed E-state index contributed by atoms with van der Waals surface area (Å²) in [6.07, 6.45) is -3.52. The lowest BCUT2D eigenvalue weighted by Crippen LogP contribution is -2.63. The minimum absolute atomic E-state index is 0.0955. The van der Waals surface area contributed by atoms with Gasteiger partial charge in [-0.3, -0.25) is 16.2 Å². The summed E-state index contributed by atoms with van der Waals surface area (Å²) in [5.74, 6) is 5.60. The van der Waals surface area contributed by atoms with Gasteiger partial charge in [0.15, 0.2) is 0 Å². The van der Waals surface area contributed by atoms with Crippen LogP contribution in [0, 0.1) is 0 Å². The summed E-state index contributed by atoms with van der Waals surface area (Å²) >= 11 is 0. The molecule has 1 rings (SSSR count). The van der Waals surface area contributed by atoms with Crippen molar-refractivity contribution in [1.29, 1.82) is 0 Å². The summed E-state index contributed by atoms with van der Waals surface area (Å²) in [4.78, 5) is 2.27. The zero-order valence-corrected chi connectivity index (χ0v) is 12.3. The summed E-state index contributed by atoms with van der Waals surface area (Å²) in [6.45, 7) is 7.02. The van der Waals surface area contributed by atoms with Crippen molar-refractivity contribution >= 4 is 0 Å². The highest BCUT2D eigenvalue weighted by atomic mass is 19.4. The predicted molar refractivity (Wildman–Crippen MR) is 72.1 cm³/mol. The van der Waals surface area contributed by atoms with E-state index in [1.807, 2.05) is 6.92 Å². The summed E-state index contributed by atoms with van der Waals surface area (Å²) in [6, 6.07) is -0.159. The lowest BCUT2D eigenvalue weighted by Gasteiger charge is -2.47. The third-order valence-electron chi connectivity index (χ3n) is 4.35. The van der Waals surface area contributed by atoms with Gasteiger partial charge in [-0.2, -0.15) is 13.2 Å². The van der Waals surface area contributed by atoms with Crippen molar-refractivity contribution in [2.75, 3.05) is 26.3 Å². The topological polar surface area (TPSA) is 50.5 Å². The molecule has 0 aliphatic carbocycles. The average molecular weight is 297 g/mol. The molecule has 3 N–H and O–H groups in total. The standard InChI is InChI=1S/C13H26F3N3O/c1-3-12(2,19-7-9-20-10-8-19)11(18-17)5-4-6-13(14,15)16/h11,18H,3-10,17H2,1-2H3. The number of morpholine rings is 1. The van der Waals surface area contributed by atoms with Crippen molar-refractivity contribution in [2.45, 2.75) is 57.3 Å². The van der Waals surface area contributed by atoms with Gasteiger partial charge in [0.05, 0.1) is 13.2 Å². The number of nitrogens with one attached hydrogen (secondary N) is 1. The highest BCUT2D eigenvalue weighted by molar-refractivity contribution is 4.96. The van der Waals surface area contributed by atoms with Crippen LogP contribution in [0.1, 0.15) is 39.5 Å². The summed E-state index contributed by atoms with van der Waals surface area (Å²) in [5.41, 5.74) is 2.48. The largest absolute Gasteiger partial charge is 0.389 e. The van der Waals surface area contributed by atoms with Crippen LogP contribution in [0.2, 0.25) is 0 Å². The average Bonchev–Trinajstić information content (AvgIpc) is 2.42. The number of alkyl halides is 3. The van der Waals surface area contributed by atoms with Gasteiger partial charge in [0.1, 0.15) is 0 Å². The summed E-state index contributed by atoms with van der Waals surface area (Å²) in [5, 5.41) is 0. The van der Waals surface area contributed by atoms with Crippen molar-refractivity contribution in [2.24, 2.45) is 5.84 Å². The fourth-order valence-corrected chi connectivity index (χ4v) is 2.85. The van der Waals surface area contributed by atoms with Crippen LogP contribution in [0.15, 0.2) is 0 Å². The number of hydrogen-bond acceptors (Lipinski definition) is 4. The molecule has 1 aliphatic heterocycles. The fourth-order valence-electron chi connectivity index (χ4n) is 2.85. The Kier molecular flexibility index (Phi) is 6.71. The fraction of sp³-hybridized carbons (Fsp3) is 1.00. The maximum atomic E-state index is 12.3. The Balaban J connectivity index is 2.62.